The number of aromatic nitrogens is 1. The maximum atomic E-state index is 12.2. The molecular formula is C12H19N5O3S. The number of pyridine rings is 1. The Morgan fingerprint density at radius 3 is 2.33 bits per heavy atom. The van der Waals surface area contributed by atoms with E-state index < -0.39 is 10.2 Å². The normalized spacial score (nSPS) is 17.2. The minimum absolute atomic E-state index is 0.211. The summed E-state index contributed by atoms with van der Waals surface area (Å²) in [7, 11) is -0.440. The zero-order chi connectivity index (χ0) is 15.6. The van der Waals surface area contributed by atoms with E-state index in [-0.39, 0.29) is 19.0 Å². The first-order chi connectivity index (χ1) is 9.82. The number of piperazine rings is 1. The van der Waals surface area contributed by atoms with Crippen LogP contribution in [-0.2, 0) is 10.2 Å². The van der Waals surface area contributed by atoms with E-state index in [0.29, 0.717) is 24.5 Å². The number of nitrogens with two attached hydrogens (primary N) is 1. The molecule has 2 heterocycles. The van der Waals surface area contributed by atoms with Crippen LogP contribution in [0.4, 0.5) is 5.69 Å². The van der Waals surface area contributed by atoms with Gasteiger partial charge in [0.15, 0.2) is 0 Å². The van der Waals surface area contributed by atoms with Crippen molar-refractivity contribution in [1.29, 1.82) is 0 Å². The summed E-state index contributed by atoms with van der Waals surface area (Å²) in [6, 6.07) is 3.19. The van der Waals surface area contributed by atoms with Crippen LogP contribution in [0.1, 0.15) is 10.5 Å². The van der Waals surface area contributed by atoms with Gasteiger partial charge in [-0.3, -0.25) is 4.79 Å². The molecule has 0 spiro atoms. The molecule has 0 aliphatic carbocycles. The average Bonchev–Trinajstić information content (AvgIpc) is 2.47. The summed E-state index contributed by atoms with van der Waals surface area (Å²) >= 11 is 0. The van der Waals surface area contributed by atoms with Gasteiger partial charge in [0.05, 0.1) is 11.9 Å². The predicted octanol–water partition coefficient (Wildman–Crippen LogP) is -0.772. The van der Waals surface area contributed by atoms with E-state index in [4.69, 9.17) is 5.73 Å². The van der Waals surface area contributed by atoms with E-state index in [1.54, 1.807) is 17.0 Å². The SMILES string of the molecule is CN(C)S(=O)(=O)N1CCN(C(=O)c2ccc(N)cn2)CC1. The summed E-state index contributed by atoms with van der Waals surface area (Å²) in [6.07, 6.45) is 1.43. The van der Waals surface area contributed by atoms with Crippen molar-refractivity contribution in [2.24, 2.45) is 0 Å². The average molecular weight is 313 g/mol. The van der Waals surface area contributed by atoms with Crippen LogP contribution in [0.15, 0.2) is 18.3 Å². The highest BCUT2D eigenvalue weighted by Gasteiger charge is 2.30. The van der Waals surface area contributed by atoms with Gasteiger partial charge in [0, 0.05) is 40.3 Å². The summed E-state index contributed by atoms with van der Waals surface area (Å²) in [6.45, 7) is 1.25. The topological polar surface area (TPSA) is 99.8 Å². The van der Waals surface area contributed by atoms with E-state index in [1.807, 2.05) is 0 Å². The quantitative estimate of drug-likeness (QED) is 0.790. The minimum atomic E-state index is -3.42. The van der Waals surface area contributed by atoms with Crippen molar-refractivity contribution < 1.29 is 13.2 Å². The molecule has 8 nitrogen and oxygen atoms in total. The zero-order valence-corrected chi connectivity index (χ0v) is 12.9. The van der Waals surface area contributed by atoms with Gasteiger partial charge >= 0.3 is 0 Å². The fourth-order valence-electron chi connectivity index (χ4n) is 2.05. The van der Waals surface area contributed by atoms with E-state index in [1.165, 1.54) is 28.9 Å². The highest BCUT2D eigenvalue weighted by Crippen LogP contribution is 2.12. The second-order valence-corrected chi connectivity index (χ2v) is 7.10. The molecule has 21 heavy (non-hydrogen) atoms. The highest BCUT2D eigenvalue weighted by molar-refractivity contribution is 7.86. The van der Waals surface area contributed by atoms with Gasteiger partial charge < -0.3 is 10.6 Å². The Kier molecular flexibility index (Phi) is 4.45. The van der Waals surface area contributed by atoms with Crippen molar-refractivity contribution in [1.82, 2.24) is 18.5 Å². The largest absolute Gasteiger partial charge is 0.397 e. The van der Waals surface area contributed by atoms with E-state index in [9.17, 15) is 13.2 Å². The van der Waals surface area contributed by atoms with Crippen molar-refractivity contribution in [2.75, 3.05) is 46.0 Å². The summed E-state index contributed by atoms with van der Waals surface area (Å²) in [4.78, 5) is 17.8. The van der Waals surface area contributed by atoms with Crippen LogP contribution in [0, 0.1) is 0 Å². The second-order valence-electron chi connectivity index (χ2n) is 4.96. The molecule has 2 N–H and O–H groups in total. The molecular weight excluding hydrogens is 294 g/mol. The third-order valence-corrected chi connectivity index (χ3v) is 5.26. The van der Waals surface area contributed by atoms with Crippen LogP contribution in [0.2, 0.25) is 0 Å². The van der Waals surface area contributed by atoms with Crippen molar-refractivity contribution in [2.45, 2.75) is 0 Å². The van der Waals surface area contributed by atoms with Gasteiger partial charge in [-0.05, 0) is 12.1 Å². The second kappa shape index (κ2) is 5.96. The van der Waals surface area contributed by atoms with Gasteiger partial charge in [-0.25, -0.2) is 4.98 Å². The van der Waals surface area contributed by atoms with Gasteiger partial charge in [0.25, 0.3) is 16.1 Å². The van der Waals surface area contributed by atoms with Crippen LogP contribution in [0.3, 0.4) is 0 Å². The molecule has 1 aliphatic heterocycles. The predicted molar refractivity (Wildman–Crippen MR) is 78.7 cm³/mol. The highest BCUT2D eigenvalue weighted by atomic mass is 32.2. The minimum Gasteiger partial charge on any atom is -0.397 e. The standard InChI is InChI=1S/C12H19N5O3S/c1-15(2)21(19,20)17-7-5-16(6-8-17)12(18)11-4-3-10(13)9-14-11/h3-4,9H,5-8,13H2,1-2H3. The van der Waals surface area contributed by atoms with Crippen LogP contribution in [-0.4, -0.2) is 73.1 Å². The van der Waals surface area contributed by atoms with Gasteiger partial charge in [-0.2, -0.15) is 17.0 Å². The molecule has 1 aromatic rings. The number of nitrogens with zero attached hydrogens (tertiary/aromatic N) is 4. The Morgan fingerprint density at radius 2 is 1.86 bits per heavy atom. The molecule has 1 amide bonds. The molecule has 0 unspecified atom stereocenters. The van der Waals surface area contributed by atoms with Gasteiger partial charge in [-0.15, -0.1) is 0 Å². The zero-order valence-electron chi connectivity index (χ0n) is 12.1. The number of carbonyl (C=O) groups is 1. The van der Waals surface area contributed by atoms with Crippen LogP contribution < -0.4 is 5.73 Å². The molecule has 0 aromatic carbocycles. The Morgan fingerprint density at radius 1 is 1.24 bits per heavy atom. The first-order valence-electron chi connectivity index (χ1n) is 6.51. The van der Waals surface area contributed by atoms with Crippen molar-refractivity contribution >= 4 is 21.8 Å². The Bertz CT molecular complexity index is 606. The Balaban J connectivity index is 2.01. The molecule has 1 saturated heterocycles. The maximum Gasteiger partial charge on any atom is 0.281 e. The van der Waals surface area contributed by atoms with Crippen molar-refractivity contribution in [3.05, 3.63) is 24.0 Å². The molecule has 2 rings (SSSR count). The number of carbonyl (C=O) groups excluding carboxylic acids is 1. The Hall–Kier alpha value is -1.71. The number of rotatable bonds is 3. The fourth-order valence-corrected chi connectivity index (χ4v) is 3.13. The van der Waals surface area contributed by atoms with Gasteiger partial charge in [-0.1, -0.05) is 0 Å². The lowest BCUT2D eigenvalue weighted by molar-refractivity contribution is 0.0689. The van der Waals surface area contributed by atoms with Crippen LogP contribution in [0.5, 0.6) is 0 Å². The van der Waals surface area contributed by atoms with Gasteiger partial charge in [0.2, 0.25) is 0 Å². The fraction of sp³-hybridized carbons (Fsp3) is 0.500. The molecule has 0 atom stereocenters. The van der Waals surface area contributed by atoms with Crippen LogP contribution in [0.25, 0.3) is 0 Å². The number of hydrogen-bond donors (Lipinski definition) is 1. The molecule has 0 bridgehead atoms. The molecule has 1 aliphatic rings. The molecule has 9 heteroatoms. The third kappa shape index (κ3) is 3.31. The van der Waals surface area contributed by atoms with E-state index in [2.05, 4.69) is 4.98 Å². The number of amides is 1. The molecule has 1 aromatic heterocycles. The first kappa shape index (κ1) is 15.7. The van der Waals surface area contributed by atoms with Crippen LogP contribution >= 0.6 is 0 Å². The maximum absolute atomic E-state index is 12.2. The summed E-state index contributed by atoms with van der Waals surface area (Å²) < 4.78 is 26.5. The Labute approximate surface area is 124 Å². The smallest absolute Gasteiger partial charge is 0.281 e. The third-order valence-electron chi connectivity index (χ3n) is 3.32. The van der Waals surface area contributed by atoms with E-state index >= 15 is 0 Å². The van der Waals surface area contributed by atoms with Gasteiger partial charge in [0.1, 0.15) is 5.69 Å². The lowest BCUT2D eigenvalue weighted by atomic mass is 10.2. The van der Waals surface area contributed by atoms with E-state index in [0.717, 1.165) is 0 Å². The molecule has 0 radical (unpaired) electrons. The number of hydrogen-bond acceptors (Lipinski definition) is 5. The summed E-state index contributed by atoms with van der Waals surface area (Å²) in [5.41, 5.74) is 6.34. The molecule has 0 saturated carbocycles. The number of nitrogen functional groups attached to an aromatic ring is 1. The lowest BCUT2D eigenvalue weighted by Gasteiger charge is -2.34. The van der Waals surface area contributed by atoms with Crippen molar-refractivity contribution in [3.8, 4) is 0 Å². The summed E-state index contributed by atoms with van der Waals surface area (Å²) in [5.74, 6) is -0.211. The molecule has 116 valence electrons. The first-order valence-corrected chi connectivity index (χ1v) is 7.90. The van der Waals surface area contributed by atoms with Crippen molar-refractivity contribution in [3.63, 3.8) is 0 Å². The lowest BCUT2D eigenvalue weighted by Crippen LogP contribution is -2.53. The number of anilines is 1. The summed E-state index contributed by atoms with van der Waals surface area (Å²) in [5, 5.41) is 0. The molecule has 1 fully saturated rings. The monoisotopic (exact) mass is 313 g/mol.